The highest BCUT2D eigenvalue weighted by atomic mass is 35.5. The molecule has 0 radical (unpaired) electrons. The van der Waals surface area contributed by atoms with Crippen molar-refractivity contribution in [3.05, 3.63) is 11.1 Å². The highest BCUT2D eigenvalue weighted by molar-refractivity contribution is 6.55. The van der Waals surface area contributed by atoms with E-state index in [4.69, 9.17) is 46.4 Å². The molecule has 0 aliphatic rings. The minimum atomic E-state index is 0.111. The van der Waals surface area contributed by atoms with Crippen LogP contribution in [0.1, 0.15) is 0 Å². The Morgan fingerprint density at radius 3 is 1.25 bits per heavy atom. The molecule has 0 unspecified atom stereocenters. The van der Waals surface area contributed by atoms with E-state index < -0.39 is 0 Å². The van der Waals surface area contributed by atoms with Crippen LogP contribution in [0.3, 0.4) is 0 Å². The third-order valence-electron chi connectivity index (χ3n) is 0.0714. The molecule has 0 N–H and O–H groups in total. The van der Waals surface area contributed by atoms with Crippen molar-refractivity contribution in [1.29, 1.82) is 0 Å². The summed E-state index contributed by atoms with van der Waals surface area (Å²) in [6.07, 6.45) is 0. The molecule has 0 aromatic rings. The molecule has 0 amide bonds. The van der Waals surface area contributed by atoms with Crippen LogP contribution in [0.2, 0.25) is 0 Å². The minimum absolute atomic E-state index is 0.111. The van der Waals surface area contributed by atoms with E-state index in [2.05, 4.69) is 6.58 Å². The van der Waals surface area contributed by atoms with E-state index in [1.807, 2.05) is 0 Å². The van der Waals surface area contributed by atoms with Crippen LogP contribution in [0, 0.1) is 0 Å². The van der Waals surface area contributed by atoms with Crippen LogP contribution in [-0.4, -0.2) is 11.8 Å². The molecule has 50 valence electrons. The van der Waals surface area contributed by atoms with Gasteiger partial charge in [0, 0.05) is 11.8 Å². The molecule has 0 saturated heterocycles. The van der Waals surface area contributed by atoms with Crippen LogP contribution in [0.15, 0.2) is 11.1 Å². The van der Waals surface area contributed by atoms with Gasteiger partial charge in [0.15, 0.2) is 0 Å². The second-order valence-electron chi connectivity index (χ2n) is 0.717. The van der Waals surface area contributed by atoms with Gasteiger partial charge in [-0.15, -0.1) is 23.2 Å². The van der Waals surface area contributed by atoms with E-state index in [1.54, 1.807) is 0 Å². The van der Waals surface area contributed by atoms with Gasteiger partial charge < -0.3 is 0 Å². The van der Waals surface area contributed by atoms with Crippen LogP contribution in [0.5, 0.6) is 0 Å². The molecule has 0 saturated carbocycles. The van der Waals surface area contributed by atoms with Crippen molar-refractivity contribution in [3.8, 4) is 0 Å². The normalized spacial score (nSPS) is 7.00. The maximum absolute atomic E-state index is 5.05. The Morgan fingerprint density at radius 2 is 1.25 bits per heavy atom. The van der Waals surface area contributed by atoms with Gasteiger partial charge in [0.05, 0.1) is 4.49 Å². The van der Waals surface area contributed by atoms with Gasteiger partial charge in [-0.25, -0.2) is 0 Å². The molecule has 0 aromatic carbocycles. The van der Waals surface area contributed by atoms with Crippen LogP contribution in [-0.2, 0) is 0 Å². The third-order valence-corrected chi connectivity index (χ3v) is 0.643. The lowest BCUT2D eigenvalue weighted by Crippen LogP contribution is -1.63. The quantitative estimate of drug-likeness (QED) is 0.563. The maximum atomic E-state index is 5.05. The van der Waals surface area contributed by atoms with Gasteiger partial charge >= 0.3 is 0 Å². The van der Waals surface area contributed by atoms with Crippen molar-refractivity contribution < 1.29 is 0 Å². The summed E-state index contributed by atoms with van der Waals surface area (Å²) in [6, 6.07) is 0. The highest BCUT2D eigenvalue weighted by Gasteiger charge is 1.61. The molecule has 0 aliphatic carbocycles. The smallest absolute Gasteiger partial charge is 0.0992 e. The molecule has 0 heterocycles. The standard InChI is InChI=1S/C2H2Cl2.C2H4Cl2/c1-2(3)4;3-1-2-4/h1H2;1-2H2. The average Bonchev–Trinajstić information content (AvgIpc) is 1.65. The predicted molar refractivity (Wildman–Crippen MR) is 42.3 cm³/mol. The number of alkyl halides is 2. The third kappa shape index (κ3) is 66.5. The van der Waals surface area contributed by atoms with E-state index >= 15 is 0 Å². The fourth-order valence-electron chi connectivity index (χ4n) is 0. The Kier molecular flexibility index (Phi) is 15.8. The molecular weight excluding hydrogens is 190 g/mol. The summed E-state index contributed by atoms with van der Waals surface area (Å²) >= 11 is 19.8. The number of halogens is 4. The Labute approximate surface area is 69.4 Å². The lowest BCUT2D eigenvalue weighted by molar-refractivity contribution is 1.52. The Hall–Kier alpha value is 0.900. The van der Waals surface area contributed by atoms with Crippen LogP contribution in [0.4, 0.5) is 0 Å². The van der Waals surface area contributed by atoms with E-state index in [9.17, 15) is 0 Å². The van der Waals surface area contributed by atoms with E-state index in [1.165, 1.54) is 0 Å². The van der Waals surface area contributed by atoms with Gasteiger partial charge in [-0.05, 0) is 0 Å². The lowest BCUT2D eigenvalue weighted by Gasteiger charge is -1.63. The Balaban J connectivity index is 0. The predicted octanol–water partition coefficient (Wildman–Crippen LogP) is 3.40. The molecule has 0 aliphatic heterocycles. The van der Waals surface area contributed by atoms with Crippen molar-refractivity contribution in [2.24, 2.45) is 0 Å². The first-order chi connectivity index (χ1) is 3.65. The van der Waals surface area contributed by atoms with Gasteiger partial charge in [-0.2, -0.15) is 0 Å². The zero-order valence-electron chi connectivity index (χ0n) is 4.13. The van der Waals surface area contributed by atoms with E-state index in [0.717, 1.165) is 0 Å². The van der Waals surface area contributed by atoms with Gasteiger partial charge in [-0.3, -0.25) is 0 Å². The van der Waals surface area contributed by atoms with E-state index in [-0.39, 0.29) is 4.49 Å². The SMILES string of the molecule is C=C(Cl)Cl.ClCCCl. The Bertz CT molecular complexity index is 46.0. The highest BCUT2D eigenvalue weighted by Crippen LogP contribution is 1.98. The summed E-state index contributed by atoms with van der Waals surface area (Å²) in [5.41, 5.74) is 0. The summed E-state index contributed by atoms with van der Waals surface area (Å²) in [5.74, 6) is 1.11. The first-order valence-electron chi connectivity index (χ1n) is 1.77. The summed E-state index contributed by atoms with van der Waals surface area (Å²) in [5, 5.41) is 0. The molecule has 0 atom stereocenters. The molecule has 0 spiro atoms. The monoisotopic (exact) mass is 194 g/mol. The van der Waals surface area contributed by atoms with Crippen molar-refractivity contribution in [2.75, 3.05) is 11.8 Å². The molecule has 8 heavy (non-hydrogen) atoms. The zero-order valence-corrected chi connectivity index (χ0v) is 7.16. The van der Waals surface area contributed by atoms with Gasteiger partial charge in [-0.1, -0.05) is 29.8 Å². The minimum Gasteiger partial charge on any atom is -0.125 e. The molecule has 4 heteroatoms. The van der Waals surface area contributed by atoms with Crippen molar-refractivity contribution in [2.45, 2.75) is 0 Å². The van der Waals surface area contributed by atoms with Crippen LogP contribution >= 0.6 is 46.4 Å². The van der Waals surface area contributed by atoms with Gasteiger partial charge in [0.25, 0.3) is 0 Å². The van der Waals surface area contributed by atoms with Crippen molar-refractivity contribution in [1.82, 2.24) is 0 Å². The second kappa shape index (κ2) is 10.8. The molecular formula is C4H6Cl4. The molecule has 0 rings (SSSR count). The van der Waals surface area contributed by atoms with Gasteiger partial charge in [0.1, 0.15) is 0 Å². The number of hydrogen-bond acceptors (Lipinski definition) is 0. The summed E-state index contributed by atoms with van der Waals surface area (Å²) in [7, 11) is 0. The first-order valence-corrected chi connectivity index (χ1v) is 3.59. The molecule has 0 nitrogen and oxygen atoms in total. The number of rotatable bonds is 1. The van der Waals surface area contributed by atoms with Crippen LogP contribution in [0.25, 0.3) is 0 Å². The average molecular weight is 196 g/mol. The summed E-state index contributed by atoms with van der Waals surface area (Å²) in [6.45, 7) is 3.09. The van der Waals surface area contributed by atoms with Crippen molar-refractivity contribution >= 4 is 46.4 Å². The molecule has 0 bridgehead atoms. The topological polar surface area (TPSA) is 0 Å². The molecule has 0 fully saturated rings. The lowest BCUT2D eigenvalue weighted by atomic mass is 11.0. The van der Waals surface area contributed by atoms with Crippen LogP contribution < -0.4 is 0 Å². The van der Waals surface area contributed by atoms with Crippen molar-refractivity contribution in [3.63, 3.8) is 0 Å². The largest absolute Gasteiger partial charge is 0.125 e. The summed E-state index contributed by atoms with van der Waals surface area (Å²) < 4.78 is 0.111. The first kappa shape index (κ1) is 11.7. The molecule has 0 aromatic heterocycles. The fraction of sp³-hybridized carbons (Fsp3) is 0.500. The second-order valence-corrected chi connectivity index (χ2v) is 2.58. The van der Waals surface area contributed by atoms with E-state index in [0.29, 0.717) is 11.8 Å². The maximum Gasteiger partial charge on any atom is 0.0992 e. The van der Waals surface area contributed by atoms with Gasteiger partial charge in [0.2, 0.25) is 0 Å². The summed E-state index contributed by atoms with van der Waals surface area (Å²) in [4.78, 5) is 0. The zero-order chi connectivity index (χ0) is 6.99. The Morgan fingerprint density at radius 1 is 1.12 bits per heavy atom. The number of hydrogen-bond donors (Lipinski definition) is 0. The fourth-order valence-corrected chi connectivity index (χ4v) is 0.